The van der Waals surface area contributed by atoms with Gasteiger partial charge in [-0.1, -0.05) is 13.0 Å². The van der Waals surface area contributed by atoms with Gasteiger partial charge in [-0.15, -0.1) is 0 Å². The van der Waals surface area contributed by atoms with Crippen molar-refractivity contribution in [3.63, 3.8) is 0 Å². The Morgan fingerprint density at radius 3 is 2.94 bits per heavy atom. The van der Waals surface area contributed by atoms with E-state index in [2.05, 4.69) is 49.2 Å². The number of nitrogens with two attached hydrogens (primary N) is 1. The number of pyridine rings is 1. The van der Waals surface area contributed by atoms with Gasteiger partial charge in [0.1, 0.15) is 22.4 Å². The van der Waals surface area contributed by atoms with Crippen molar-refractivity contribution in [3.8, 4) is 0 Å². The van der Waals surface area contributed by atoms with Crippen molar-refractivity contribution in [3.05, 3.63) is 40.4 Å². The van der Waals surface area contributed by atoms with Crippen molar-refractivity contribution < 1.29 is 0 Å². The number of nitrogens with one attached hydrogen (secondary N) is 1. The molecule has 0 spiro atoms. The lowest BCUT2D eigenvalue weighted by atomic mass is 10.1. The van der Waals surface area contributed by atoms with Crippen molar-refractivity contribution in [1.29, 1.82) is 0 Å². The van der Waals surface area contributed by atoms with E-state index < -0.39 is 0 Å². The SMILES string of the molecule is CCc1cccnc1CNc1ncnc(N)c1Br. The van der Waals surface area contributed by atoms with E-state index in [1.165, 1.54) is 11.9 Å². The Hall–Kier alpha value is -1.69. The van der Waals surface area contributed by atoms with Gasteiger partial charge in [0.25, 0.3) is 0 Å². The van der Waals surface area contributed by atoms with Crippen LogP contribution in [-0.2, 0) is 13.0 Å². The van der Waals surface area contributed by atoms with Crippen LogP contribution in [0.25, 0.3) is 0 Å². The van der Waals surface area contributed by atoms with Crippen LogP contribution in [0.1, 0.15) is 18.2 Å². The summed E-state index contributed by atoms with van der Waals surface area (Å²) in [5, 5.41) is 3.20. The molecule has 0 aliphatic heterocycles. The quantitative estimate of drug-likeness (QED) is 0.907. The lowest BCUT2D eigenvalue weighted by molar-refractivity contribution is 0.960. The topological polar surface area (TPSA) is 76.7 Å². The summed E-state index contributed by atoms with van der Waals surface area (Å²) in [6.45, 7) is 2.72. The molecule has 0 aromatic carbocycles. The number of aromatic nitrogens is 3. The van der Waals surface area contributed by atoms with Crippen LogP contribution >= 0.6 is 15.9 Å². The lowest BCUT2D eigenvalue weighted by Crippen LogP contribution is -2.07. The van der Waals surface area contributed by atoms with Crippen molar-refractivity contribution >= 4 is 27.6 Å². The summed E-state index contributed by atoms with van der Waals surface area (Å²) >= 11 is 3.36. The average molecular weight is 308 g/mol. The first-order valence-corrected chi connectivity index (χ1v) is 6.44. The standard InChI is InChI=1S/C12H14BrN5/c1-2-8-4-3-5-15-9(8)6-16-12-10(13)11(14)17-7-18-12/h3-5,7H,2,6H2,1H3,(H3,14,16,17,18). The molecule has 0 atom stereocenters. The highest BCUT2D eigenvalue weighted by molar-refractivity contribution is 9.10. The van der Waals surface area contributed by atoms with Crippen LogP contribution in [-0.4, -0.2) is 15.0 Å². The number of nitrogen functional groups attached to an aromatic ring is 1. The van der Waals surface area contributed by atoms with E-state index in [9.17, 15) is 0 Å². The van der Waals surface area contributed by atoms with Crippen LogP contribution < -0.4 is 11.1 Å². The maximum absolute atomic E-state index is 5.69. The molecule has 2 rings (SSSR count). The smallest absolute Gasteiger partial charge is 0.146 e. The van der Waals surface area contributed by atoms with Gasteiger partial charge in [-0.2, -0.15) is 0 Å². The molecule has 0 amide bonds. The fourth-order valence-electron chi connectivity index (χ4n) is 1.63. The molecule has 0 saturated carbocycles. The molecular formula is C12H14BrN5. The highest BCUT2D eigenvalue weighted by Crippen LogP contribution is 2.24. The van der Waals surface area contributed by atoms with Gasteiger partial charge < -0.3 is 11.1 Å². The molecule has 2 aromatic rings. The molecule has 94 valence electrons. The monoisotopic (exact) mass is 307 g/mol. The molecule has 2 heterocycles. The molecule has 0 aliphatic rings. The van der Waals surface area contributed by atoms with Crippen molar-refractivity contribution in [2.75, 3.05) is 11.1 Å². The minimum absolute atomic E-state index is 0.421. The first-order valence-electron chi connectivity index (χ1n) is 5.65. The van der Waals surface area contributed by atoms with Crippen LogP contribution in [0.3, 0.4) is 0 Å². The second-order valence-corrected chi connectivity index (χ2v) is 4.53. The molecule has 6 heteroatoms. The van der Waals surface area contributed by atoms with Crippen molar-refractivity contribution in [1.82, 2.24) is 15.0 Å². The summed E-state index contributed by atoms with van der Waals surface area (Å²) in [5.74, 6) is 1.10. The first kappa shape index (κ1) is 12.8. The second kappa shape index (κ2) is 5.77. The summed E-state index contributed by atoms with van der Waals surface area (Å²) < 4.78 is 0.680. The molecular weight excluding hydrogens is 294 g/mol. The predicted molar refractivity (Wildman–Crippen MR) is 75.1 cm³/mol. The zero-order valence-electron chi connectivity index (χ0n) is 10.0. The van der Waals surface area contributed by atoms with Crippen LogP contribution in [0, 0.1) is 0 Å². The van der Waals surface area contributed by atoms with Gasteiger partial charge in [0.05, 0.1) is 12.2 Å². The van der Waals surface area contributed by atoms with Crippen molar-refractivity contribution in [2.24, 2.45) is 0 Å². The third-order valence-corrected chi connectivity index (χ3v) is 3.39. The number of hydrogen-bond donors (Lipinski definition) is 2. The van der Waals surface area contributed by atoms with Gasteiger partial charge in [0.2, 0.25) is 0 Å². The van der Waals surface area contributed by atoms with Gasteiger partial charge in [-0.05, 0) is 34.0 Å². The van der Waals surface area contributed by atoms with E-state index in [1.54, 1.807) is 6.20 Å². The van der Waals surface area contributed by atoms with Crippen LogP contribution in [0.5, 0.6) is 0 Å². The Morgan fingerprint density at radius 1 is 1.33 bits per heavy atom. The molecule has 0 aliphatic carbocycles. The summed E-state index contributed by atoms with van der Waals surface area (Å²) in [5.41, 5.74) is 7.93. The number of halogens is 1. The Kier molecular flexibility index (Phi) is 4.09. The summed E-state index contributed by atoms with van der Waals surface area (Å²) in [4.78, 5) is 12.4. The minimum atomic E-state index is 0.421. The van der Waals surface area contributed by atoms with Crippen LogP contribution in [0.15, 0.2) is 29.1 Å². The maximum atomic E-state index is 5.69. The number of aryl methyl sites for hydroxylation is 1. The summed E-state index contributed by atoms with van der Waals surface area (Å²) in [6.07, 6.45) is 4.18. The van der Waals surface area contributed by atoms with Crippen molar-refractivity contribution in [2.45, 2.75) is 19.9 Å². The molecule has 3 N–H and O–H groups in total. The fourth-order valence-corrected chi connectivity index (χ4v) is 1.97. The fraction of sp³-hybridized carbons (Fsp3) is 0.250. The lowest BCUT2D eigenvalue weighted by Gasteiger charge is -2.10. The molecule has 18 heavy (non-hydrogen) atoms. The maximum Gasteiger partial charge on any atom is 0.146 e. The Bertz CT molecular complexity index is 544. The normalized spacial score (nSPS) is 10.3. The number of nitrogens with zero attached hydrogens (tertiary/aromatic N) is 3. The molecule has 0 radical (unpaired) electrons. The molecule has 0 saturated heterocycles. The third-order valence-electron chi connectivity index (χ3n) is 2.61. The first-order chi connectivity index (χ1) is 8.72. The van der Waals surface area contributed by atoms with E-state index >= 15 is 0 Å². The Morgan fingerprint density at radius 2 is 2.17 bits per heavy atom. The average Bonchev–Trinajstić information content (AvgIpc) is 2.41. The predicted octanol–water partition coefficient (Wildman–Crippen LogP) is 2.39. The molecule has 0 unspecified atom stereocenters. The third kappa shape index (κ3) is 2.76. The van der Waals surface area contributed by atoms with Crippen LogP contribution in [0.2, 0.25) is 0 Å². The van der Waals surface area contributed by atoms with Gasteiger partial charge in [-0.25, -0.2) is 9.97 Å². The molecule has 5 nitrogen and oxygen atoms in total. The zero-order valence-corrected chi connectivity index (χ0v) is 11.6. The Labute approximate surface area is 114 Å². The highest BCUT2D eigenvalue weighted by atomic mass is 79.9. The second-order valence-electron chi connectivity index (χ2n) is 3.74. The van der Waals surface area contributed by atoms with E-state index in [0.717, 1.165) is 12.1 Å². The largest absolute Gasteiger partial charge is 0.383 e. The van der Waals surface area contributed by atoms with E-state index in [1.807, 2.05) is 6.07 Å². The van der Waals surface area contributed by atoms with Gasteiger partial charge in [-0.3, -0.25) is 4.98 Å². The minimum Gasteiger partial charge on any atom is -0.383 e. The summed E-state index contributed by atoms with van der Waals surface area (Å²) in [6, 6.07) is 4.02. The van der Waals surface area contributed by atoms with Gasteiger partial charge in [0, 0.05) is 6.20 Å². The number of rotatable bonds is 4. The van der Waals surface area contributed by atoms with E-state index in [4.69, 9.17) is 5.73 Å². The molecule has 0 fully saturated rings. The van der Waals surface area contributed by atoms with E-state index in [0.29, 0.717) is 22.7 Å². The van der Waals surface area contributed by atoms with Crippen LogP contribution in [0.4, 0.5) is 11.6 Å². The highest BCUT2D eigenvalue weighted by Gasteiger charge is 2.07. The Balaban J connectivity index is 2.14. The number of anilines is 2. The summed E-state index contributed by atoms with van der Waals surface area (Å²) in [7, 11) is 0. The van der Waals surface area contributed by atoms with E-state index in [-0.39, 0.29) is 0 Å². The van der Waals surface area contributed by atoms with Gasteiger partial charge >= 0.3 is 0 Å². The molecule has 2 aromatic heterocycles. The molecule has 0 bridgehead atoms. The zero-order chi connectivity index (χ0) is 13.0. The van der Waals surface area contributed by atoms with Gasteiger partial charge in [0.15, 0.2) is 0 Å². The number of hydrogen-bond acceptors (Lipinski definition) is 5.